The second-order valence-electron chi connectivity index (χ2n) is 7.49. The molecule has 1 saturated heterocycles. The van der Waals surface area contributed by atoms with Crippen molar-refractivity contribution in [3.63, 3.8) is 0 Å². The average Bonchev–Trinajstić information content (AvgIpc) is 3.30. The molecule has 0 spiro atoms. The minimum Gasteiger partial charge on any atom is -0.341 e. The third-order valence-electron chi connectivity index (χ3n) is 5.38. The number of halogens is 1. The number of amides is 1. The van der Waals surface area contributed by atoms with Gasteiger partial charge in [0.15, 0.2) is 15.0 Å². The third-order valence-corrected chi connectivity index (χ3v) is 8.05. The molecule has 32 heavy (non-hydrogen) atoms. The second kappa shape index (κ2) is 8.51. The Labute approximate surface area is 187 Å². The van der Waals surface area contributed by atoms with E-state index in [1.807, 2.05) is 0 Å². The van der Waals surface area contributed by atoms with Crippen LogP contribution in [0.2, 0.25) is 0 Å². The molecule has 0 bridgehead atoms. The number of non-ortho nitro benzene ring substituents is 1. The van der Waals surface area contributed by atoms with Crippen LogP contribution in [0.5, 0.6) is 0 Å². The van der Waals surface area contributed by atoms with Gasteiger partial charge < -0.3 is 4.90 Å². The SMILES string of the molecule is CN(C(=O)CSc1nc2cc([N+](=O)[O-])ccc2n1-c1ccc(F)cc1)C1CCS(=O)(=O)C1. The van der Waals surface area contributed by atoms with E-state index in [-0.39, 0.29) is 34.9 Å². The van der Waals surface area contributed by atoms with Gasteiger partial charge in [0.2, 0.25) is 5.91 Å². The van der Waals surface area contributed by atoms with Crippen LogP contribution < -0.4 is 0 Å². The summed E-state index contributed by atoms with van der Waals surface area (Å²) in [5, 5.41) is 11.5. The van der Waals surface area contributed by atoms with Crippen LogP contribution in [0.15, 0.2) is 47.6 Å². The maximum Gasteiger partial charge on any atom is 0.271 e. The van der Waals surface area contributed by atoms with Gasteiger partial charge in [-0.1, -0.05) is 11.8 Å². The van der Waals surface area contributed by atoms with Crippen LogP contribution in [0.4, 0.5) is 10.1 Å². The highest BCUT2D eigenvalue weighted by Gasteiger charge is 2.32. The van der Waals surface area contributed by atoms with Gasteiger partial charge in [-0.15, -0.1) is 0 Å². The van der Waals surface area contributed by atoms with Crippen molar-refractivity contribution in [3.05, 3.63) is 58.4 Å². The molecule has 1 aromatic heterocycles. The molecular formula is C20H19FN4O5S2. The lowest BCUT2D eigenvalue weighted by molar-refractivity contribution is -0.384. The van der Waals surface area contributed by atoms with E-state index in [4.69, 9.17) is 0 Å². The van der Waals surface area contributed by atoms with Gasteiger partial charge in [0.25, 0.3) is 5.69 Å². The summed E-state index contributed by atoms with van der Waals surface area (Å²) in [6, 6.07) is 9.60. The Hall–Kier alpha value is -2.99. The van der Waals surface area contributed by atoms with E-state index in [1.54, 1.807) is 29.8 Å². The number of nitro groups is 1. The van der Waals surface area contributed by atoms with Crippen molar-refractivity contribution >= 4 is 44.2 Å². The zero-order chi connectivity index (χ0) is 23.0. The molecule has 3 aromatic rings. The van der Waals surface area contributed by atoms with Gasteiger partial charge in [0.05, 0.1) is 33.2 Å². The van der Waals surface area contributed by atoms with Gasteiger partial charge in [-0.2, -0.15) is 0 Å². The van der Waals surface area contributed by atoms with Crippen LogP contribution in [0.3, 0.4) is 0 Å². The Kier molecular flexibility index (Phi) is 5.91. The number of thioether (sulfide) groups is 1. The number of carbonyl (C=O) groups is 1. The van der Waals surface area contributed by atoms with Crippen molar-refractivity contribution in [1.82, 2.24) is 14.5 Å². The van der Waals surface area contributed by atoms with Crippen molar-refractivity contribution < 1.29 is 22.5 Å². The maximum absolute atomic E-state index is 13.4. The fourth-order valence-electron chi connectivity index (χ4n) is 3.61. The molecule has 9 nitrogen and oxygen atoms in total. The fourth-order valence-corrected chi connectivity index (χ4v) is 6.34. The lowest BCUT2D eigenvalue weighted by Gasteiger charge is -2.23. The number of rotatable bonds is 6. The van der Waals surface area contributed by atoms with Gasteiger partial charge >= 0.3 is 0 Å². The molecule has 0 aliphatic carbocycles. The molecule has 1 amide bonds. The molecule has 0 radical (unpaired) electrons. The number of fused-ring (bicyclic) bond motifs is 1. The summed E-state index contributed by atoms with van der Waals surface area (Å²) in [6.07, 6.45) is 0.410. The zero-order valence-electron chi connectivity index (χ0n) is 17.0. The van der Waals surface area contributed by atoms with Crippen molar-refractivity contribution in [2.45, 2.75) is 17.6 Å². The van der Waals surface area contributed by atoms with Crippen LogP contribution in [0.25, 0.3) is 16.7 Å². The van der Waals surface area contributed by atoms with Gasteiger partial charge in [0, 0.05) is 30.9 Å². The molecular weight excluding hydrogens is 459 g/mol. The number of hydrogen-bond acceptors (Lipinski definition) is 7. The Morgan fingerprint density at radius 1 is 1.31 bits per heavy atom. The first-order valence-corrected chi connectivity index (χ1v) is 12.5. The molecule has 1 fully saturated rings. The summed E-state index contributed by atoms with van der Waals surface area (Å²) in [5.41, 5.74) is 1.42. The zero-order valence-corrected chi connectivity index (χ0v) is 18.6. The van der Waals surface area contributed by atoms with E-state index >= 15 is 0 Å². The van der Waals surface area contributed by atoms with Crippen molar-refractivity contribution in [1.29, 1.82) is 0 Å². The fraction of sp³-hybridized carbons (Fsp3) is 0.300. The summed E-state index contributed by atoms with van der Waals surface area (Å²) in [5.74, 6) is -0.633. The Balaban J connectivity index is 1.63. The highest BCUT2D eigenvalue weighted by atomic mass is 32.2. The van der Waals surface area contributed by atoms with Crippen LogP contribution in [0, 0.1) is 15.9 Å². The summed E-state index contributed by atoms with van der Waals surface area (Å²) in [4.78, 5) is 29.2. The summed E-state index contributed by atoms with van der Waals surface area (Å²) in [7, 11) is -1.53. The highest BCUT2D eigenvalue weighted by Crippen LogP contribution is 2.30. The minimum atomic E-state index is -3.12. The molecule has 1 aliphatic rings. The second-order valence-corrected chi connectivity index (χ2v) is 10.7. The Morgan fingerprint density at radius 2 is 2.03 bits per heavy atom. The predicted molar refractivity (Wildman–Crippen MR) is 118 cm³/mol. The molecule has 2 heterocycles. The van der Waals surface area contributed by atoms with E-state index in [0.29, 0.717) is 28.3 Å². The Morgan fingerprint density at radius 3 is 2.66 bits per heavy atom. The first-order chi connectivity index (χ1) is 15.1. The van der Waals surface area contributed by atoms with Crippen LogP contribution >= 0.6 is 11.8 Å². The van der Waals surface area contributed by atoms with Crippen molar-refractivity contribution in [2.24, 2.45) is 0 Å². The maximum atomic E-state index is 13.4. The van der Waals surface area contributed by atoms with Gasteiger partial charge in [-0.3, -0.25) is 19.5 Å². The summed E-state index contributed by atoms with van der Waals surface area (Å²) >= 11 is 1.13. The highest BCUT2D eigenvalue weighted by molar-refractivity contribution is 7.99. The van der Waals surface area contributed by atoms with Crippen molar-refractivity contribution in [2.75, 3.05) is 24.3 Å². The summed E-state index contributed by atoms with van der Waals surface area (Å²) < 4.78 is 38.6. The normalized spacial score (nSPS) is 17.5. The number of benzene rings is 2. The molecule has 12 heteroatoms. The topological polar surface area (TPSA) is 115 Å². The van der Waals surface area contributed by atoms with E-state index in [2.05, 4.69) is 4.98 Å². The largest absolute Gasteiger partial charge is 0.341 e. The van der Waals surface area contributed by atoms with Crippen LogP contribution in [0.1, 0.15) is 6.42 Å². The Bertz CT molecular complexity index is 1310. The predicted octanol–water partition coefficient (Wildman–Crippen LogP) is 2.81. The number of aromatic nitrogens is 2. The van der Waals surface area contributed by atoms with E-state index < -0.39 is 20.6 Å². The molecule has 4 rings (SSSR count). The third kappa shape index (κ3) is 4.46. The first kappa shape index (κ1) is 22.2. The minimum absolute atomic E-state index is 0.000340. The number of nitro benzene ring substituents is 1. The summed E-state index contributed by atoms with van der Waals surface area (Å²) in [6.45, 7) is 0. The van der Waals surface area contributed by atoms with Gasteiger partial charge in [-0.25, -0.2) is 17.8 Å². The van der Waals surface area contributed by atoms with Crippen molar-refractivity contribution in [3.8, 4) is 5.69 Å². The number of sulfone groups is 1. The van der Waals surface area contributed by atoms with Gasteiger partial charge in [0.1, 0.15) is 5.82 Å². The first-order valence-electron chi connectivity index (χ1n) is 9.66. The lowest BCUT2D eigenvalue weighted by atomic mass is 10.2. The molecule has 0 saturated carbocycles. The number of carbonyl (C=O) groups excluding carboxylic acids is 1. The number of hydrogen-bond donors (Lipinski definition) is 0. The van der Waals surface area contributed by atoms with E-state index in [9.17, 15) is 27.7 Å². The molecule has 2 aromatic carbocycles. The standard InChI is InChI=1S/C20H19FN4O5S2/c1-23(16-8-9-32(29,30)12-16)19(26)11-31-20-22-17-10-15(25(27)28)6-7-18(17)24(20)14-4-2-13(21)3-5-14/h2-7,10,16H,8-9,11-12H2,1H3. The molecule has 168 valence electrons. The van der Waals surface area contributed by atoms with E-state index in [0.717, 1.165) is 11.8 Å². The molecule has 0 N–H and O–H groups in total. The number of imidazole rings is 1. The van der Waals surface area contributed by atoms with E-state index in [1.165, 1.54) is 29.2 Å². The molecule has 1 aliphatic heterocycles. The van der Waals surface area contributed by atoms with Crippen LogP contribution in [-0.2, 0) is 14.6 Å². The monoisotopic (exact) mass is 478 g/mol. The van der Waals surface area contributed by atoms with Crippen LogP contribution in [-0.4, -0.2) is 64.0 Å². The number of nitrogens with zero attached hydrogens (tertiary/aromatic N) is 4. The quantitative estimate of drug-likeness (QED) is 0.304. The lowest BCUT2D eigenvalue weighted by Crippen LogP contribution is -2.38. The smallest absolute Gasteiger partial charge is 0.271 e. The average molecular weight is 479 g/mol. The molecule has 1 atom stereocenters. The molecule has 1 unspecified atom stereocenters. The van der Waals surface area contributed by atoms with Gasteiger partial charge in [-0.05, 0) is 36.8 Å².